The first-order valence-electron chi connectivity index (χ1n) is 4.95. The molecular weight excluding hydrogens is 264 g/mol. The molecule has 1 saturated heterocycles. The van der Waals surface area contributed by atoms with Gasteiger partial charge in [-0.1, -0.05) is 0 Å². The SMILES string of the molecule is Nc1ccn(C2CSC(CO[N+](=O)[O-])O2)c(=O)n1. The minimum Gasteiger partial charge on any atom is -0.383 e. The summed E-state index contributed by atoms with van der Waals surface area (Å²) in [6.07, 6.45) is 0.961. The van der Waals surface area contributed by atoms with Crippen molar-refractivity contribution in [2.75, 3.05) is 18.1 Å². The quantitative estimate of drug-likeness (QED) is 0.582. The fourth-order valence-corrected chi connectivity index (χ4v) is 2.43. The molecule has 2 N–H and O–H groups in total. The second-order valence-corrected chi connectivity index (χ2v) is 4.61. The summed E-state index contributed by atoms with van der Waals surface area (Å²) in [7, 11) is 0. The van der Waals surface area contributed by atoms with Gasteiger partial charge in [-0.25, -0.2) is 4.79 Å². The van der Waals surface area contributed by atoms with E-state index < -0.39 is 22.4 Å². The number of hydrogen-bond donors (Lipinski definition) is 1. The molecule has 1 aliphatic heterocycles. The second kappa shape index (κ2) is 5.23. The van der Waals surface area contributed by atoms with Gasteiger partial charge in [-0.2, -0.15) is 4.98 Å². The van der Waals surface area contributed by atoms with Crippen LogP contribution in [0.3, 0.4) is 0 Å². The molecule has 2 heterocycles. The molecule has 2 rings (SSSR count). The number of nitrogens with zero attached hydrogens (tertiary/aromatic N) is 3. The highest BCUT2D eigenvalue weighted by Gasteiger charge is 2.28. The van der Waals surface area contributed by atoms with Crippen molar-refractivity contribution in [3.63, 3.8) is 0 Å². The maximum Gasteiger partial charge on any atom is 0.351 e. The van der Waals surface area contributed by atoms with E-state index in [1.54, 1.807) is 0 Å². The van der Waals surface area contributed by atoms with Gasteiger partial charge in [-0.3, -0.25) is 4.57 Å². The molecule has 0 bridgehead atoms. The van der Waals surface area contributed by atoms with Gasteiger partial charge in [0.1, 0.15) is 24.1 Å². The van der Waals surface area contributed by atoms with E-state index in [9.17, 15) is 14.9 Å². The van der Waals surface area contributed by atoms with Crippen molar-refractivity contribution in [3.05, 3.63) is 32.9 Å². The van der Waals surface area contributed by atoms with E-state index in [4.69, 9.17) is 10.5 Å². The van der Waals surface area contributed by atoms with Crippen LogP contribution in [0.25, 0.3) is 0 Å². The number of ether oxygens (including phenoxy) is 1. The number of thioether (sulfide) groups is 1. The zero-order chi connectivity index (χ0) is 13.1. The molecule has 2 atom stereocenters. The largest absolute Gasteiger partial charge is 0.383 e. The lowest BCUT2D eigenvalue weighted by atomic mass is 10.5. The van der Waals surface area contributed by atoms with Gasteiger partial charge in [-0.15, -0.1) is 21.9 Å². The zero-order valence-electron chi connectivity index (χ0n) is 9.09. The van der Waals surface area contributed by atoms with E-state index in [1.165, 1.54) is 28.6 Å². The highest BCUT2D eigenvalue weighted by atomic mass is 32.2. The van der Waals surface area contributed by atoms with Crippen LogP contribution in [-0.4, -0.2) is 32.4 Å². The van der Waals surface area contributed by atoms with Crippen LogP contribution in [0.15, 0.2) is 17.1 Å². The molecule has 1 aromatic heterocycles. The van der Waals surface area contributed by atoms with Crippen LogP contribution in [-0.2, 0) is 9.57 Å². The van der Waals surface area contributed by atoms with Gasteiger partial charge >= 0.3 is 5.69 Å². The van der Waals surface area contributed by atoms with Crippen molar-refractivity contribution in [1.82, 2.24) is 9.55 Å². The summed E-state index contributed by atoms with van der Waals surface area (Å²) in [5, 5.41) is 9.16. The molecule has 1 aromatic rings. The normalized spacial score (nSPS) is 22.9. The van der Waals surface area contributed by atoms with Crippen molar-refractivity contribution in [2.45, 2.75) is 11.7 Å². The summed E-state index contributed by atoms with van der Waals surface area (Å²) >= 11 is 1.33. The number of aromatic nitrogens is 2. The van der Waals surface area contributed by atoms with Crippen LogP contribution in [0.4, 0.5) is 5.82 Å². The molecule has 0 saturated carbocycles. The molecule has 0 radical (unpaired) electrons. The molecule has 18 heavy (non-hydrogen) atoms. The Labute approximate surface area is 105 Å². The molecule has 0 amide bonds. The molecule has 98 valence electrons. The molecule has 2 unspecified atom stereocenters. The molecular formula is C8H10N4O5S. The van der Waals surface area contributed by atoms with Gasteiger partial charge in [0.2, 0.25) is 0 Å². The Balaban J connectivity index is 2.00. The van der Waals surface area contributed by atoms with Crippen molar-refractivity contribution in [1.29, 1.82) is 0 Å². The van der Waals surface area contributed by atoms with E-state index in [0.717, 1.165) is 0 Å². The Hall–Kier alpha value is -1.81. The third-order valence-electron chi connectivity index (χ3n) is 2.21. The number of nitrogens with two attached hydrogens (primary N) is 1. The maximum atomic E-state index is 11.5. The smallest absolute Gasteiger partial charge is 0.351 e. The zero-order valence-corrected chi connectivity index (χ0v) is 9.91. The van der Waals surface area contributed by atoms with Gasteiger partial charge in [0.25, 0.3) is 5.09 Å². The van der Waals surface area contributed by atoms with Crippen LogP contribution in [0.2, 0.25) is 0 Å². The minimum absolute atomic E-state index is 0.134. The van der Waals surface area contributed by atoms with Crippen molar-refractivity contribution < 1.29 is 14.7 Å². The maximum absolute atomic E-state index is 11.5. The van der Waals surface area contributed by atoms with E-state index in [2.05, 4.69) is 9.82 Å². The summed E-state index contributed by atoms with van der Waals surface area (Å²) in [4.78, 5) is 29.4. The van der Waals surface area contributed by atoms with Crippen molar-refractivity contribution in [2.24, 2.45) is 0 Å². The van der Waals surface area contributed by atoms with Crippen molar-refractivity contribution in [3.8, 4) is 0 Å². The average Bonchev–Trinajstić information content (AvgIpc) is 2.75. The Bertz CT molecular complexity index is 507. The Morgan fingerprint density at radius 1 is 1.78 bits per heavy atom. The molecule has 1 fully saturated rings. The summed E-state index contributed by atoms with van der Waals surface area (Å²) in [5.74, 6) is 0.618. The third kappa shape index (κ3) is 2.90. The summed E-state index contributed by atoms with van der Waals surface area (Å²) in [5.41, 5.74) is 4.37. The highest BCUT2D eigenvalue weighted by molar-refractivity contribution is 8.00. The Morgan fingerprint density at radius 3 is 3.22 bits per heavy atom. The predicted molar refractivity (Wildman–Crippen MR) is 62.2 cm³/mol. The van der Waals surface area contributed by atoms with Gasteiger partial charge < -0.3 is 15.3 Å². The van der Waals surface area contributed by atoms with E-state index in [0.29, 0.717) is 5.75 Å². The molecule has 10 heteroatoms. The molecule has 1 aliphatic rings. The molecule has 0 spiro atoms. The first-order chi connectivity index (χ1) is 8.56. The number of anilines is 1. The average molecular weight is 274 g/mol. The fraction of sp³-hybridized carbons (Fsp3) is 0.500. The van der Waals surface area contributed by atoms with E-state index in [1.807, 2.05) is 0 Å². The topological polar surface area (TPSA) is 123 Å². The van der Waals surface area contributed by atoms with E-state index in [-0.39, 0.29) is 12.4 Å². The highest BCUT2D eigenvalue weighted by Crippen LogP contribution is 2.30. The predicted octanol–water partition coefficient (Wildman–Crippen LogP) is -0.378. The van der Waals surface area contributed by atoms with Crippen LogP contribution < -0.4 is 11.4 Å². The number of hydrogen-bond acceptors (Lipinski definition) is 8. The van der Waals surface area contributed by atoms with Gasteiger partial charge in [0, 0.05) is 11.9 Å². The van der Waals surface area contributed by atoms with Gasteiger partial charge in [-0.05, 0) is 6.07 Å². The van der Waals surface area contributed by atoms with E-state index >= 15 is 0 Å². The van der Waals surface area contributed by atoms with Crippen LogP contribution >= 0.6 is 11.8 Å². The Morgan fingerprint density at radius 2 is 2.56 bits per heavy atom. The molecule has 0 aliphatic carbocycles. The monoisotopic (exact) mass is 274 g/mol. The fourth-order valence-electron chi connectivity index (χ4n) is 1.44. The lowest BCUT2D eigenvalue weighted by Crippen LogP contribution is -2.29. The summed E-state index contributed by atoms with van der Waals surface area (Å²) in [6, 6.07) is 1.48. The standard InChI is InChI=1S/C8H10N4O5S/c9-5-1-2-11(8(13)10-5)6-4-18-7(17-6)3-16-12(14)15/h1-2,6-7H,3-4H2,(H2,9,10,13). The second-order valence-electron chi connectivity index (χ2n) is 3.42. The van der Waals surface area contributed by atoms with Crippen LogP contribution in [0.1, 0.15) is 6.23 Å². The van der Waals surface area contributed by atoms with Crippen molar-refractivity contribution >= 4 is 17.6 Å². The molecule has 9 nitrogen and oxygen atoms in total. The van der Waals surface area contributed by atoms with Crippen LogP contribution in [0.5, 0.6) is 0 Å². The lowest BCUT2D eigenvalue weighted by Gasteiger charge is -2.13. The third-order valence-corrected chi connectivity index (χ3v) is 3.31. The summed E-state index contributed by atoms with van der Waals surface area (Å²) < 4.78 is 6.72. The first kappa shape index (κ1) is 12.6. The van der Waals surface area contributed by atoms with Gasteiger partial charge in [0.05, 0.1) is 0 Å². The van der Waals surface area contributed by atoms with Gasteiger partial charge in [0.15, 0.2) is 0 Å². The number of nitrogen functional groups attached to an aromatic ring is 1. The Kier molecular flexibility index (Phi) is 3.67. The molecule has 0 aromatic carbocycles. The van der Waals surface area contributed by atoms with Crippen LogP contribution in [0, 0.1) is 10.1 Å². The lowest BCUT2D eigenvalue weighted by molar-refractivity contribution is -0.758. The number of rotatable bonds is 4. The minimum atomic E-state index is -0.881. The summed E-state index contributed by atoms with van der Waals surface area (Å²) in [6.45, 7) is -0.175. The first-order valence-corrected chi connectivity index (χ1v) is 6.00.